The molecule has 28 heavy (non-hydrogen) atoms. The van der Waals surface area contributed by atoms with Gasteiger partial charge in [0, 0.05) is 16.9 Å². The van der Waals surface area contributed by atoms with Crippen LogP contribution in [0.15, 0.2) is 52.6 Å². The van der Waals surface area contributed by atoms with Crippen LogP contribution in [0, 0.1) is 0 Å². The van der Waals surface area contributed by atoms with E-state index in [0.29, 0.717) is 10.9 Å². The van der Waals surface area contributed by atoms with Gasteiger partial charge in [-0.15, -0.1) is 11.3 Å². The largest absolute Gasteiger partial charge is 0.492 e. The molecule has 0 aliphatic rings. The highest BCUT2D eigenvalue weighted by atomic mass is 32.1. The molecule has 0 spiro atoms. The fourth-order valence-corrected chi connectivity index (χ4v) is 3.27. The van der Waals surface area contributed by atoms with E-state index in [0.717, 1.165) is 5.69 Å². The summed E-state index contributed by atoms with van der Waals surface area (Å²) in [7, 11) is 0. The van der Waals surface area contributed by atoms with Gasteiger partial charge in [-0.1, -0.05) is 39.0 Å². The fourth-order valence-electron chi connectivity index (χ4n) is 2.33. The average Bonchev–Trinajstić information content (AvgIpc) is 3.13. The number of anilines is 1. The highest BCUT2D eigenvalue weighted by molar-refractivity contribution is 7.14. The normalized spacial score (nSPS) is 11.2. The Kier molecular flexibility index (Phi) is 5.89. The van der Waals surface area contributed by atoms with E-state index in [1.807, 2.05) is 35.7 Å². The van der Waals surface area contributed by atoms with Crippen molar-refractivity contribution < 1.29 is 9.53 Å². The van der Waals surface area contributed by atoms with E-state index in [1.54, 1.807) is 0 Å². The Labute approximate surface area is 167 Å². The number of hydrogen-bond acceptors (Lipinski definition) is 6. The Hall–Kier alpha value is -3.00. The van der Waals surface area contributed by atoms with Gasteiger partial charge in [-0.2, -0.15) is 5.10 Å². The number of carbonyl (C=O) groups excluding carboxylic acids is 1. The van der Waals surface area contributed by atoms with Crippen molar-refractivity contribution in [1.29, 1.82) is 0 Å². The second kappa shape index (κ2) is 8.35. The minimum absolute atomic E-state index is 0.0935. The Morgan fingerprint density at radius 1 is 1.18 bits per heavy atom. The number of benzene rings is 1. The molecule has 0 bridgehead atoms. The summed E-state index contributed by atoms with van der Waals surface area (Å²) in [6.45, 7) is 6.68. The summed E-state index contributed by atoms with van der Waals surface area (Å²) < 4.78 is 6.81. The van der Waals surface area contributed by atoms with E-state index >= 15 is 0 Å². The minimum atomic E-state index is -0.410. The maximum Gasteiger partial charge on any atom is 0.277 e. The Balaban J connectivity index is 1.65. The van der Waals surface area contributed by atoms with E-state index in [9.17, 15) is 9.59 Å². The first kappa shape index (κ1) is 19.8. The first-order chi connectivity index (χ1) is 13.3. The number of carbonyl (C=O) groups is 1. The highest BCUT2D eigenvalue weighted by Gasteiger charge is 2.19. The molecule has 146 valence electrons. The van der Waals surface area contributed by atoms with Gasteiger partial charge < -0.3 is 4.74 Å². The zero-order chi connectivity index (χ0) is 20.1. The van der Waals surface area contributed by atoms with Crippen LogP contribution < -0.4 is 15.6 Å². The summed E-state index contributed by atoms with van der Waals surface area (Å²) in [5, 5.41) is 9.31. The van der Waals surface area contributed by atoms with Gasteiger partial charge in [-0.3, -0.25) is 14.9 Å². The van der Waals surface area contributed by atoms with Gasteiger partial charge in [-0.25, -0.2) is 9.67 Å². The number of rotatable bonds is 6. The number of thiazole rings is 1. The van der Waals surface area contributed by atoms with Crippen molar-refractivity contribution >= 4 is 22.4 Å². The number of nitrogens with one attached hydrogen (secondary N) is 1. The molecule has 0 unspecified atom stereocenters. The van der Waals surface area contributed by atoms with Crippen molar-refractivity contribution in [2.24, 2.45) is 0 Å². The Morgan fingerprint density at radius 3 is 2.61 bits per heavy atom. The zero-order valence-electron chi connectivity index (χ0n) is 16.0. The molecule has 1 aromatic carbocycles. The van der Waals surface area contributed by atoms with E-state index < -0.39 is 5.91 Å². The molecule has 0 saturated carbocycles. The van der Waals surface area contributed by atoms with Crippen molar-refractivity contribution in [3.8, 4) is 5.75 Å². The molecule has 8 heteroatoms. The van der Waals surface area contributed by atoms with E-state index in [-0.39, 0.29) is 29.8 Å². The average molecular weight is 398 g/mol. The van der Waals surface area contributed by atoms with Crippen LogP contribution in [-0.4, -0.2) is 27.3 Å². The summed E-state index contributed by atoms with van der Waals surface area (Å²) in [5.74, 6) is 0.301. The van der Waals surface area contributed by atoms with Crippen molar-refractivity contribution in [3.63, 3.8) is 0 Å². The summed E-state index contributed by atoms with van der Waals surface area (Å²) in [4.78, 5) is 28.9. The van der Waals surface area contributed by atoms with Gasteiger partial charge in [0.25, 0.3) is 11.5 Å². The van der Waals surface area contributed by atoms with Crippen LogP contribution >= 0.6 is 11.3 Å². The highest BCUT2D eigenvalue weighted by Crippen LogP contribution is 2.26. The van der Waals surface area contributed by atoms with E-state index in [4.69, 9.17) is 4.74 Å². The molecule has 0 radical (unpaired) electrons. The lowest BCUT2D eigenvalue weighted by atomic mass is 9.93. The first-order valence-corrected chi connectivity index (χ1v) is 9.74. The molecule has 1 N–H and O–H groups in total. The molecule has 7 nitrogen and oxygen atoms in total. The number of aromatic nitrogens is 3. The predicted octanol–water partition coefficient (Wildman–Crippen LogP) is 3.33. The maximum atomic E-state index is 12.5. The summed E-state index contributed by atoms with van der Waals surface area (Å²) in [5.41, 5.74) is 0.664. The third-order valence-corrected chi connectivity index (χ3v) is 4.67. The molecular weight excluding hydrogens is 376 g/mol. The fraction of sp³-hybridized carbons (Fsp3) is 0.300. The van der Waals surface area contributed by atoms with Gasteiger partial charge in [0.2, 0.25) is 0 Å². The van der Waals surface area contributed by atoms with Crippen molar-refractivity contribution in [2.45, 2.75) is 32.7 Å². The number of amides is 1. The SMILES string of the molecule is CC(C)(C)c1csc(NC(=O)c2ccc(=O)n(CCOc3ccccc3)n2)n1. The van der Waals surface area contributed by atoms with Crippen LogP contribution in [0.1, 0.15) is 37.0 Å². The Bertz CT molecular complexity index is 1010. The van der Waals surface area contributed by atoms with Gasteiger partial charge in [-0.05, 0) is 18.2 Å². The van der Waals surface area contributed by atoms with Gasteiger partial charge in [0.05, 0.1) is 12.2 Å². The van der Waals surface area contributed by atoms with E-state index in [1.165, 1.54) is 28.2 Å². The van der Waals surface area contributed by atoms with Crippen LogP contribution in [0.3, 0.4) is 0 Å². The second-order valence-corrected chi connectivity index (χ2v) is 8.04. The van der Waals surface area contributed by atoms with E-state index in [2.05, 4.69) is 36.2 Å². The number of hydrogen-bond donors (Lipinski definition) is 1. The maximum absolute atomic E-state index is 12.5. The summed E-state index contributed by atoms with van der Waals surface area (Å²) >= 11 is 1.36. The van der Waals surface area contributed by atoms with Crippen molar-refractivity contribution in [1.82, 2.24) is 14.8 Å². The molecule has 0 aliphatic carbocycles. The molecule has 2 heterocycles. The van der Waals surface area contributed by atoms with Crippen LogP contribution in [0.5, 0.6) is 5.75 Å². The molecule has 3 rings (SSSR count). The summed E-state index contributed by atoms with van der Waals surface area (Å²) in [6.07, 6.45) is 0. The third kappa shape index (κ3) is 5.04. The first-order valence-electron chi connectivity index (χ1n) is 8.86. The molecule has 0 atom stereocenters. The molecule has 2 aromatic heterocycles. The van der Waals surface area contributed by atoms with Gasteiger partial charge in [0.1, 0.15) is 18.1 Å². The predicted molar refractivity (Wildman–Crippen MR) is 109 cm³/mol. The molecule has 3 aromatic rings. The van der Waals surface area contributed by atoms with Crippen LogP contribution in [0.4, 0.5) is 5.13 Å². The monoisotopic (exact) mass is 398 g/mol. The lowest BCUT2D eigenvalue weighted by Crippen LogP contribution is -2.28. The van der Waals surface area contributed by atoms with Crippen molar-refractivity contribution in [2.75, 3.05) is 11.9 Å². The van der Waals surface area contributed by atoms with Crippen molar-refractivity contribution in [3.05, 3.63) is 69.6 Å². The number of ether oxygens (including phenoxy) is 1. The van der Waals surface area contributed by atoms with Crippen LogP contribution in [-0.2, 0) is 12.0 Å². The third-order valence-electron chi connectivity index (χ3n) is 3.91. The molecule has 0 saturated heterocycles. The van der Waals surface area contributed by atoms with Crippen LogP contribution in [0.25, 0.3) is 0 Å². The Morgan fingerprint density at radius 2 is 1.93 bits per heavy atom. The number of nitrogens with zero attached hydrogens (tertiary/aromatic N) is 3. The molecule has 1 amide bonds. The summed E-state index contributed by atoms with van der Waals surface area (Å²) in [6, 6.07) is 12.0. The molecule has 0 fully saturated rings. The standard InChI is InChI=1S/C20H22N4O3S/c1-20(2,3)16-13-28-19(21-16)22-18(26)15-9-10-17(25)24(23-15)11-12-27-14-7-5-4-6-8-14/h4-10,13H,11-12H2,1-3H3,(H,21,22,26). The lowest BCUT2D eigenvalue weighted by molar-refractivity contribution is 0.101. The number of para-hydroxylation sites is 1. The lowest BCUT2D eigenvalue weighted by Gasteiger charge is -2.14. The van der Waals surface area contributed by atoms with Gasteiger partial charge in [0.15, 0.2) is 5.13 Å². The van der Waals surface area contributed by atoms with Gasteiger partial charge >= 0.3 is 0 Å². The minimum Gasteiger partial charge on any atom is -0.492 e. The molecular formula is C20H22N4O3S. The molecule has 0 aliphatic heterocycles. The second-order valence-electron chi connectivity index (χ2n) is 7.18. The zero-order valence-corrected chi connectivity index (χ0v) is 16.8. The quantitative estimate of drug-likeness (QED) is 0.688. The smallest absolute Gasteiger partial charge is 0.277 e. The topological polar surface area (TPSA) is 86.1 Å². The van der Waals surface area contributed by atoms with Crippen LogP contribution in [0.2, 0.25) is 0 Å².